The molecule has 0 aliphatic heterocycles. The van der Waals surface area contributed by atoms with E-state index in [4.69, 9.17) is 11.6 Å². The molecule has 0 saturated carbocycles. The van der Waals surface area contributed by atoms with Gasteiger partial charge in [-0.3, -0.25) is 0 Å². The van der Waals surface area contributed by atoms with Crippen molar-refractivity contribution in [2.24, 2.45) is 0 Å². The molecule has 0 radical (unpaired) electrons. The van der Waals surface area contributed by atoms with Crippen LogP contribution in [0.5, 0.6) is 0 Å². The van der Waals surface area contributed by atoms with E-state index in [-0.39, 0.29) is 0 Å². The fourth-order valence-electron chi connectivity index (χ4n) is 1.78. The summed E-state index contributed by atoms with van der Waals surface area (Å²) >= 11 is 6.16. The van der Waals surface area contributed by atoms with Gasteiger partial charge in [0.05, 0.1) is 16.4 Å². The van der Waals surface area contributed by atoms with Crippen LogP contribution in [-0.2, 0) is 6.54 Å². The molecule has 1 heterocycles. The van der Waals surface area contributed by atoms with Crippen LogP contribution in [0.15, 0.2) is 37.1 Å². The van der Waals surface area contributed by atoms with Gasteiger partial charge in [-0.25, -0.2) is 4.98 Å². The number of aromatic nitrogens is 2. The Morgan fingerprint density at radius 3 is 2.94 bits per heavy atom. The minimum absolute atomic E-state index is 0.686. The van der Waals surface area contributed by atoms with Crippen molar-refractivity contribution >= 4 is 23.2 Å². The first kappa shape index (κ1) is 12.7. The van der Waals surface area contributed by atoms with E-state index < -0.39 is 0 Å². The van der Waals surface area contributed by atoms with Crippen LogP contribution in [0.2, 0.25) is 5.02 Å². The summed E-state index contributed by atoms with van der Waals surface area (Å²) < 4.78 is 2.00. The second kappa shape index (κ2) is 5.27. The van der Waals surface area contributed by atoms with Crippen LogP contribution in [0.1, 0.15) is 11.3 Å². The highest BCUT2D eigenvalue weighted by molar-refractivity contribution is 6.33. The van der Waals surface area contributed by atoms with Crippen LogP contribution in [0.3, 0.4) is 0 Å². The van der Waals surface area contributed by atoms with E-state index in [1.807, 2.05) is 48.9 Å². The van der Waals surface area contributed by atoms with Crippen molar-refractivity contribution in [3.63, 3.8) is 0 Å². The number of imidazole rings is 1. The van der Waals surface area contributed by atoms with Gasteiger partial charge < -0.3 is 9.88 Å². The van der Waals surface area contributed by atoms with E-state index in [9.17, 15) is 0 Å². The van der Waals surface area contributed by atoms with E-state index >= 15 is 0 Å². The monoisotopic (exact) mass is 261 g/mol. The van der Waals surface area contributed by atoms with Crippen LogP contribution in [0.4, 0.5) is 11.6 Å². The molecule has 0 aliphatic carbocycles. The van der Waals surface area contributed by atoms with Crippen molar-refractivity contribution in [2.45, 2.75) is 20.4 Å². The minimum atomic E-state index is 0.686. The predicted molar refractivity (Wildman–Crippen MR) is 76.6 cm³/mol. The SMILES string of the molecule is C=CCn1cc(C)nc1Nc1cc(C)ccc1Cl. The van der Waals surface area contributed by atoms with E-state index in [1.165, 1.54) is 0 Å². The second-order valence-corrected chi connectivity index (χ2v) is 4.66. The first-order valence-corrected chi connectivity index (χ1v) is 6.16. The summed E-state index contributed by atoms with van der Waals surface area (Å²) in [6, 6.07) is 5.87. The molecule has 1 N–H and O–H groups in total. The van der Waals surface area contributed by atoms with E-state index in [0.717, 1.165) is 22.9 Å². The van der Waals surface area contributed by atoms with Gasteiger partial charge >= 0.3 is 0 Å². The van der Waals surface area contributed by atoms with Gasteiger partial charge in [0.2, 0.25) is 5.95 Å². The van der Waals surface area contributed by atoms with Gasteiger partial charge in [-0.15, -0.1) is 6.58 Å². The number of benzene rings is 1. The maximum Gasteiger partial charge on any atom is 0.207 e. The van der Waals surface area contributed by atoms with Crippen LogP contribution < -0.4 is 5.32 Å². The zero-order valence-electron chi connectivity index (χ0n) is 10.6. The molecule has 3 nitrogen and oxygen atoms in total. The average Bonchev–Trinajstić information content (AvgIpc) is 2.65. The lowest BCUT2D eigenvalue weighted by Gasteiger charge is -2.10. The smallest absolute Gasteiger partial charge is 0.207 e. The van der Waals surface area contributed by atoms with Crippen LogP contribution in [0, 0.1) is 13.8 Å². The number of nitrogens with one attached hydrogen (secondary N) is 1. The first-order chi connectivity index (χ1) is 8.60. The van der Waals surface area contributed by atoms with Gasteiger partial charge in [0.25, 0.3) is 0 Å². The summed E-state index contributed by atoms with van der Waals surface area (Å²) in [5, 5.41) is 3.95. The van der Waals surface area contributed by atoms with Crippen molar-refractivity contribution in [1.29, 1.82) is 0 Å². The Kier molecular flexibility index (Phi) is 3.72. The molecular formula is C14H16ClN3. The van der Waals surface area contributed by atoms with Gasteiger partial charge in [-0.1, -0.05) is 23.7 Å². The first-order valence-electron chi connectivity index (χ1n) is 5.78. The average molecular weight is 262 g/mol. The van der Waals surface area contributed by atoms with Gasteiger partial charge in [0.15, 0.2) is 0 Å². The van der Waals surface area contributed by atoms with Crippen molar-refractivity contribution in [3.8, 4) is 0 Å². The van der Waals surface area contributed by atoms with E-state index in [2.05, 4.69) is 16.9 Å². The summed E-state index contributed by atoms with van der Waals surface area (Å²) in [4.78, 5) is 4.44. The summed E-state index contributed by atoms with van der Waals surface area (Å²) in [7, 11) is 0. The van der Waals surface area contributed by atoms with Gasteiger partial charge in [0, 0.05) is 12.7 Å². The maximum absolute atomic E-state index is 6.16. The molecule has 0 fully saturated rings. The van der Waals surface area contributed by atoms with Crippen molar-refractivity contribution < 1.29 is 0 Å². The molecule has 1 aromatic heterocycles. The molecule has 0 spiro atoms. The largest absolute Gasteiger partial charge is 0.324 e. The van der Waals surface area contributed by atoms with Crippen LogP contribution in [0.25, 0.3) is 0 Å². The Balaban J connectivity index is 2.33. The number of halogens is 1. The van der Waals surface area contributed by atoms with Crippen LogP contribution in [-0.4, -0.2) is 9.55 Å². The molecule has 2 rings (SSSR count). The number of hydrogen-bond donors (Lipinski definition) is 1. The van der Waals surface area contributed by atoms with E-state index in [1.54, 1.807) is 0 Å². The lowest BCUT2D eigenvalue weighted by molar-refractivity contribution is 0.832. The number of rotatable bonds is 4. The molecule has 0 aliphatic rings. The minimum Gasteiger partial charge on any atom is -0.324 e. The highest BCUT2D eigenvalue weighted by Crippen LogP contribution is 2.26. The lowest BCUT2D eigenvalue weighted by Crippen LogP contribution is -2.02. The molecule has 2 aromatic rings. The Morgan fingerprint density at radius 2 is 2.22 bits per heavy atom. The third-order valence-corrected chi connectivity index (χ3v) is 2.92. The lowest BCUT2D eigenvalue weighted by atomic mass is 10.2. The Hall–Kier alpha value is -1.74. The Labute approximate surface area is 112 Å². The third-order valence-electron chi connectivity index (χ3n) is 2.59. The summed E-state index contributed by atoms with van der Waals surface area (Å²) in [5.41, 5.74) is 2.98. The van der Waals surface area contributed by atoms with Crippen molar-refractivity contribution in [1.82, 2.24) is 9.55 Å². The van der Waals surface area contributed by atoms with Crippen LogP contribution >= 0.6 is 11.6 Å². The standard InChI is InChI=1S/C14H16ClN3/c1-4-7-18-9-11(3)16-14(18)17-13-8-10(2)5-6-12(13)15/h4-6,8-9H,1,7H2,2-3H3,(H,16,17). The van der Waals surface area contributed by atoms with E-state index in [0.29, 0.717) is 11.6 Å². The third kappa shape index (κ3) is 2.74. The highest BCUT2D eigenvalue weighted by Gasteiger charge is 2.07. The number of allylic oxidation sites excluding steroid dienone is 1. The molecule has 0 bridgehead atoms. The fourth-order valence-corrected chi connectivity index (χ4v) is 1.94. The zero-order valence-corrected chi connectivity index (χ0v) is 11.3. The molecule has 0 atom stereocenters. The summed E-state index contributed by atoms with van der Waals surface area (Å²) in [5.74, 6) is 0.778. The fraction of sp³-hybridized carbons (Fsp3) is 0.214. The predicted octanol–water partition coefficient (Wildman–Crippen LogP) is 4.08. The van der Waals surface area contributed by atoms with Crippen molar-refractivity contribution in [3.05, 3.63) is 53.3 Å². The summed E-state index contributed by atoms with van der Waals surface area (Å²) in [6.07, 6.45) is 3.82. The quantitative estimate of drug-likeness (QED) is 0.841. The zero-order chi connectivity index (χ0) is 13.1. The molecule has 94 valence electrons. The topological polar surface area (TPSA) is 29.9 Å². The molecule has 0 saturated heterocycles. The van der Waals surface area contributed by atoms with Gasteiger partial charge in [0.1, 0.15) is 0 Å². The number of nitrogens with zero attached hydrogens (tertiary/aromatic N) is 2. The molecule has 1 aromatic carbocycles. The number of hydrogen-bond acceptors (Lipinski definition) is 2. The number of anilines is 2. The molecule has 0 unspecified atom stereocenters. The molecule has 4 heteroatoms. The highest BCUT2D eigenvalue weighted by atomic mass is 35.5. The van der Waals surface area contributed by atoms with Gasteiger partial charge in [-0.05, 0) is 31.5 Å². The maximum atomic E-state index is 6.16. The normalized spacial score (nSPS) is 10.4. The van der Waals surface area contributed by atoms with Gasteiger partial charge in [-0.2, -0.15) is 0 Å². The molecule has 18 heavy (non-hydrogen) atoms. The Bertz CT molecular complexity index is 572. The summed E-state index contributed by atoms with van der Waals surface area (Å²) in [6.45, 7) is 8.45. The second-order valence-electron chi connectivity index (χ2n) is 4.26. The number of aryl methyl sites for hydroxylation is 2. The van der Waals surface area contributed by atoms with Crippen molar-refractivity contribution in [2.75, 3.05) is 5.32 Å². The molecule has 0 amide bonds. The Morgan fingerprint density at radius 1 is 1.44 bits per heavy atom. The molecular weight excluding hydrogens is 246 g/mol.